The minimum atomic E-state index is 0.107. The molecule has 0 aliphatic carbocycles. The molecule has 1 N–H and O–H groups in total. The van der Waals surface area contributed by atoms with Crippen LogP contribution in [-0.4, -0.2) is 17.3 Å². The summed E-state index contributed by atoms with van der Waals surface area (Å²) in [6.07, 6.45) is 2.09. The topological polar surface area (TPSA) is 24.4 Å². The van der Waals surface area contributed by atoms with Crippen molar-refractivity contribution in [2.24, 2.45) is 4.99 Å². The molecule has 0 fully saturated rings. The first kappa shape index (κ1) is 20.4. The van der Waals surface area contributed by atoms with Crippen LogP contribution < -0.4 is 5.32 Å². The lowest BCUT2D eigenvalue weighted by Gasteiger charge is -2.24. The normalized spacial score (nSPS) is 13.9. The molecule has 2 atom stereocenters. The number of rotatable bonds is 7. The molecule has 3 rings (SSSR count). The molecule has 0 aromatic heterocycles. The summed E-state index contributed by atoms with van der Waals surface area (Å²) in [5, 5.41) is 4.81. The third-order valence-electron chi connectivity index (χ3n) is 4.82. The van der Waals surface area contributed by atoms with Gasteiger partial charge in [0.15, 0.2) is 0 Å². The molecule has 28 heavy (non-hydrogen) atoms. The highest BCUT2D eigenvalue weighted by Crippen LogP contribution is 2.22. The first-order chi connectivity index (χ1) is 13.7. The summed E-state index contributed by atoms with van der Waals surface area (Å²) < 4.78 is 0. The minimum absolute atomic E-state index is 0.107. The molecule has 3 aromatic carbocycles. The van der Waals surface area contributed by atoms with Gasteiger partial charge in [-0.25, -0.2) is 0 Å². The van der Waals surface area contributed by atoms with Crippen LogP contribution in [-0.2, 0) is 6.54 Å². The molecule has 0 aliphatic rings. The van der Waals surface area contributed by atoms with Crippen LogP contribution in [0.5, 0.6) is 0 Å². The van der Waals surface area contributed by atoms with Gasteiger partial charge in [-0.15, -0.1) is 11.8 Å². The highest BCUT2D eigenvalue weighted by Gasteiger charge is 2.19. The van der Waals surface area contributed by atoms with Crippen molar-refractivity contribution in [1.29, 1.82) is 0 Å². The van der Waals surface area contributed by atoms with E-state index in [9.17, 15) is 0 Å². The van der Waals surface area contributed by atoms with E-state index in [0.29, 0.717) is 0 Å². The molecule has 0 bridgehead atoms. The predicted molar refractivity (Wildman–Crippen MR) is 123 cm³/mol. The van der Waals surface area contributed by atoms with Crippen molar-refractivity contribution in [3.05, 3.63) is 107 Å². The van der Waals surface area contributed by atoms with E-state index in [-0.39, 0.29) is 12.1 Å². The molecule has 0 aliphatic heterocycles. The second-order valence-electron chi connectivity index (χ2n) is 7.00. The van der Waals surface area contributed by atoms with Crippen LogP contribution in [0.3, 0.4) is 0 Å². The molecule has 2 unspecified atom stereocenters. The van der Waals surface area contributed by atoms with Crippen LogP contribution in [0, 0.1) is 6.92 Å². The number of hydrogen-bond acceptors (Lipinski definition) is 3. The zero-order chi connectivity index (χ0) is 19.8. The Morgan fingerprint density at radius 2 is 1.50 bits per heavy atom. The monoisotopic (exact) mass is 388 g/mol. The lowest BCUT2D eigenvalue weighted by atomic mass is 10.00. The summed E-state index contributed by atoms with van der Waals surface area (Å²) >= 11 is 1.70. The number of thioether (sulfide) groups is 1. The molecule has 0 saturated carbocycles. The Bertz CT molecular complexity index is 873. The maximum absolute atomic E-state index is 5.09. The van der Waals surface area contributed by atoms with Crippen molar-refractivity contribution in [3.63, 3.8) is 0 Å². The average Bonchev–Trinajstić information content (AvgIpc) is 2.75. The van der Waals surface area contributed by atoms with Crippen molar-refractivity contribution in [2.75, 3.05) is 6.26 Å². The van der Waals surface area contributed by atoms with Crippen molar-refractivity contribution in [3.8, 4) is 0 Å². The third-order valence-corrected chi connectivity index (χ3v) is 5.55. The van der Waals surface area contributed by atoms with Gasteiger partial charge in [0.1, 0.15) is 0 Å². The molecule has 0 amide bonds. The van der Waals surface area contributed by atoms with Gasteiger partial charge in [-0.2, -0.15) is 0 Å². The highest BCUT2D eigenvalue weighted by atomic mass is 32.2. The fourth-order valence-corrected chi connectivity index (χ4v) is 3.89. The molecule has 0 spiro atoms. The van der Waals surface area contributed by atoms with Crippen LogP contribution in [0.25, 0.3) is 0 Å². The Balaban J connectivity index is 1.83. The standard InChI is InChI=1S/C25H28N2S/c1-19-14-16-21(17-15-19)18-26-24(22-10-6-4-7-11-22)20(2)27-25(28-3)23-12-8-5-9-13-23/h4-17,20,24,26H,18H2,1-3H3. The van der Waals surface area contributed by atoms with E-state index in [2.05, 4.69) is 104 Å². The van der Waals surface area contributed by atoms with Gasteiger partial charge in [-0.3, -0.25) is 4.99 Å². The number of aliphatic imine (C=N–C) groups is 1. The van der Waals surface area contributed by atoms with Gasteiger partial charge in [-0.1, -0.05) is 90.5 Å². The number of nitrogens with one attached hydrogen (secondary N) is 1. The van der Waals surface area contributed by atoms with Crippen LogP contribution in [0.4, 0.5) is 0 Å². The third kappa shape index (κ3) is 5.57. The molecular formula is C25H28N2S. The van der Waals surface area contributed by atoms with Crippen LogP contribution in [0.1, 0.15) is 35.2 Å². The second-order valence-corrected chi connectivity index (χ2v) is 7.79. The summed E-state index contributed by atoms with van der Waals surface area (Å²) in [7, 11) is 0. The number of aryl methyl sites for hydroxylation is 1. The highest BCUT2D eigenvalue weighted by molar-refractivity contribution is 8.13. The Kier molecular flexibility index (Phi) is 7.46. The van der Waals surface area contributed by atoms with Gasteiger partial charge in [0.25, 0.3) is 0 Å². The van der Waals surface area contributed by atoms with Crippen molar-refractivity contribution in [2.45, 2.75) is 32.5 Å². The number of nitrogens with zero attached hydrogens (tertiary/aromatic N) is 1. The quantitative estimate of drug-likeness (QED) is 0.395. The van der Waals surface area contributed by atoms with Gasteiger partial charge in [0.2, 0.25) is 0 Å². The summed E-state index contributed by atoms with van der Waals surface area (Å²) in [6.45, 7) is 5.13. The fourth-order valence-electron chi connectivity index (χ4n) is 3.25. The van der Waals surface area contributed by atoms with Crippen molar-refractivity contribution >= 4 is 16.8 Å². The van der Waals surface area contributed by atoms with Crippen LogP contribution in [0.2, 0.25) is 0 Å². The largest absolute Gasteiger partial charge is 0.304 e. The fraction of sp³-hybridized carbons (Fsp3) is 0.240. The molecule has 0 saturated heterocycles. The van der Waals surface area contributed by atoms with E-state index in [1.165, 1.54) is 22.3 Å². The molecular weight excluding hydrogens is 360 g/mol. The predicted octanol–water partition coefficient (Wildman–Crippen LogP) is 6.02. The van der Waals surface area contributed by atoms with Crippen LogP contribution in [0.15, 0.2) is 89.9 Å². The van der Waals surface area contributed by atoms with E-state index < -0.39 is 0 Å². The second kappa shape index (κ2) is 10.3. The van der Waals surface area contributed by atoms with E-state index in [1.807, 2.05) is 6.07 Å². The smallest absolute Gasteiger partial charge is 0.0978 e. The SMILES string of the molecule is CSC(=NC(C)C(NCc1ccc(C)cc1)c1ccccc1)c1ccccc1. The zero-order valence-corrected chi connectivity index (χ0v) is 17.6. The molecule has 0 heterocycles. The van der Waals surface area contributed by atoms with E-state index >= 15 is 0 Å². The molecule has 2 nitrogen and oxygen atoms in total. The lowest BCUT2D eigenvalue weighted by Crippen LogP contribution is -2.29. The van der Waals surface area contributed by atoms with Crippen molar-refractivity contribution in [1.82, 2.24) is 5.32 Å². The molecule has 0 radical (unpaired) electrons. The average molecular weight is 389 g/mol. The first-order valence-electron chi connectivity index (χ1n) is 9.68. The van der Waals surface area contributed by atoms with Gasteiger partial charge in [0, 0.05) is 12.1 Å². The first-order valence-corrected chi connectivity index (χ1v) is 10.9. The number of hydrogen-bond donors (Lipinski definition) is 1. The minimum Gasteiger partial charge on any atom is -0.304 e. The maximum atomic E-state index is 5.09. The summed E-state index contributed by atoms with van der Waals surface area (Å²) in [5.41, 5.74) is 5.01. The summed E-state index contributed by atoms with van der Waals surface area (Å²) in [5.74, 6) is 0. The van der Waals surface area contributed by atoms with Gasteiger partial charge in [-0.05, 0) is 31.2 Å². The van der Waals surface area contributed by atoms with Crippen LogP contribution >= 0.6 is 11.8 Å². The van der Waals surface area contributed by atoms with Gasteiger partial charge in [0.05, 0.1) is 17.1 Å². The summed E-state index contributed by atoms with van der Waals surface area (Å²) in [4.78, 5) is 5.09. The lowest BCUT2D eigenvalue weighted by molar-refractivity contribution is 0.465. The van der Waals surface area contributed by atoms with E-state index in [4.69, 9.17) is 4.99 Å². The van der Waals surface area contributed by atoms with E-state index in [0.717, 1.165) is 11.6 Å². The Hall–Kier alpha value is -2.36. The Labute approximate surface area is 173 Å². The van der Waals surface area contributed by atoms with Gasteiger partial charge < -0.3 is 5.32 Å². The zero-order valence-electron chi connectivity index (χ0n) is 16.8. The maximum Gasteiger partial charge on any atom is 0.0978 e. The molecule has 3 heteroatoms. The molecule has 144 valence electrons. The van der Waals surface area contributed by atoms with Crippen molar-refractivity contribution < 1.29 is 0 Å². The Morgan fingerprint density at radius 1 is 0.893 bits per heavy atom. The molecule has 3 aromatic rings. The number of benzene rings is 3. The van der Waals surface area contributed by atoms with Gasteiger partial charge >= 0.3 is 0 Å². The Morgan fingerprint density at radius 3 is 2.11 bits per heavy atom. The summed E-state index contributed by atoms with van der Waals surface area (Å²) in [6, 6.07) is 30.0. The van der Waals surface area contributed by atoms with E-state index in [1.54, 1.807) is 11.8 Å².